The highest BCUT2D eigenvalue weighted by Crippen LogP contribution is 2.29. The molecule has 0 bridgehead atoms. The Balaban J connectivity index is 1.42. The van der Waals surface area contributed by atoms with E-state index in [0.29, 0.717) is 17.5 Å². The molecule has 0 N–H and O–H groups in total. The monoisotopic (exact) mass is 468 g/mol. The van der Waals surface area contributed by atoms with Crippen molar-refractivity contribution in [2.45, 2.75) is 57.3 Å². The lowest BCUT2D eigenvalue weighted by molar-refractivity contribution is -0.116. The van der Waals surface area contributed by atoms with E-state index in [1.165, 1.54) is 29.8 Å². The van der Waals surface area contributed by atoms with Crippen LogP contribution in [0.15, 0.2) is 53.7 Å². The van der Waals surface area contributed by atoms with Crippen LogP contribution in [-0.2, 0) is 24.4 Å². The fraction of sp³-hybridized carbons (Fsp3) is 0.400. The van der Waals surface area contributed by atoms with Crippen molar-refractivity contribution in [3.8, 4) is 5.75 Å². The van der Waals surface area contributed by atoms with Crippen LogP contribution in [0.25, 0.3) is 0 Å². The maximum absolute atomic E-state index is 13.9. The van der Waals surface area contributed by atoms with Crippen molar-refractivity contribution in [3.05, 3.63) is 65.7 Å². The summed E-state index contributed by atoms with van der Waals surface area (Å²) in [4.78, 5) is 14.8. The zero-order valence-electron chi connectivity index (χ0n) is 18.9. The summed E-state index contributed by atoms with van der Waals surface area (Å²) >= 11 is 1.39. The minimum absolute atomic E-state index is 0.0645. The molecule has 1 aliphatic heterocycles. The molecule has 1 amide bonds. The highest BCUT2D eigenvalue weighted by Gasteiger charge is 2.25. The Labute approximate surface area is 198 Å². The zero-order valence-corrected chi connectivity index (χ0v) is 19.7. The summed E-state index contributed by atoms with van der Waals surface area (Å²) in [6, 6.07) is 14.4. The first-order chi connectivity index (χ1) is 16.2. The number of nitrogens with zero attached hydrogens (tertiary/aromatic N) is 4. The van der Waals surface area contributed by atoms with E-state index in [1.54, 1.807) is 18.2 Å². The second-order valence-corrected chi connectivity index (χ2v) is 8.99. The Hall–Kier alpha value is -2.87. The second kappa shape index (κ2) is 11.3. The molecule has 33 heavy (non-hydrogen) atoms. The van der Waals surface area contributed by atoms with Crippen LogP contribution in [0.5, 0.6) is 5.75 Å². The van der Waals surface area contributed by atoms with Crippen molar-refractivity contribution in [3.63, 3.8) is 0 Å². The van der Waals surface area contributed by atoms with Gasteiger partial charge in [0.1, 0.15) is 6.61 Å². The van der Waals surface area contributed by atoms with E-state index in [2.05, 4.69) is 23.2 Å². The van der Waals surface area contributed by atoms with Crippen LogP contribution in [0.2, 0.25) is 0 Å². The number of benzene rings is 2. The topological polar surface area (TPSA) is 60.2 Å². The van der Waals surface area contributed by atoms with Crippen molar-refractivity contribution < 1.29 is 13.9 Å². The third-order valence-corrected chi connectivity index (χ3v) is 6.69. The predicted molar refractivity (Wildman–Crippen MR) is 128 cm³/mol. The fourth-order valence-corrected chi connectivity index (χ4v) is 4.82. The number of para-hydroxylation sites is 2. The molecule has 0 saturated carbocycles. The molecule has 1 aromatic heterocycles. The summed E-state index contributed by atoms with van der Waals surface area (Å²) in [7, 11) is 0. The highest BCUT2D eigenvalue weighted by atomic mass is 32.2. The van der Waals surface area contributed by atoms with Gasteiger partial charge in [0, 0.05) is 18.8 Å². The van der Waals surface area contributed by atoms with Gasteiger partial charge in [-0.15, -0.1) is 10.2 Å². The quantitative estimate of drug-likeness (QED) is 0.284. The average molecular weight is 469 g/mol. The number of anilines is 1. The Kier molecular flexibility index (Phi) is 7.99. The van der Waals surface area contributed by atoms with Crippen LogP contribution in [0.4, 0.5) is 10.1 Å². The number of hydrogen-bond acceptors (Lipinski definition) is 5. The molecular formula is C25H29FN4O2S. The highest BCUT2D eigenvalue weighted by molar-refractivity contribution is 7.99. The van der Waals surface area contributed by atoms with E-state index in [1.807, 2.05) is 27.7 Å². The molecule has 174 valence electrons. The van der Waals surface area contributed by atoms with Gasteiger partial charge in [-0.3, -0.25) is 4.79 Å². The number of carbonyl (C=O) groups is 1. The number of amides is 1. The van der Waals surface area contributed by atoms with Gasteiger partial charge in [0.05, 0.1) is 5.75 Å². The predicted octanol–water partition coefficient (Wildman–Crippen LogP) is 5.26. The lowest BCUT2D eigenvalue weighted by atomic mass is 10.2. The third-order valence-electron chi connectivity index (χ3n) is 5.74. The summed E-state index contributed by atoms with van der Waals surface area (Å²) in [6.07, 6.45) is 5.30. The summed E-state index contributed by atoms with van der Waals surface area (Å²) in [5.74, 6) is 0.772. The van der Waals surface area contributed by atoms with Crippen molar-refractivity contribution in [2.24, 2.45) is 0 Å². The normalized spacial score (nSPS) is 12.7. The molecule has 0 unspecified atom stereocenters. The first-order valence-electron chi connectivity index (χ1n) is 11.5. The smallest absolute Gasteiger partial charge is 0.237 e. The van der Waals surface area contributed by atoms with E-state index < -0.39 is 5.82 Å². The van der Waals surface area contributed by atoms with Gasteiger partial charge in [-0.1, -0.05) is 68.3 Å². The van der Waals surface area contributed by atoms with Gasteiger partial charge in [-0.25, -0.2) is 4.39 Å². The third kappa shape index (κ3) is 5.74. The molecule has 4 rings (SSSR count). The average Bonchev–Trinajstić information content (AvgIpc) is 3.44. The zero-order chi connectivity index (χ0) is 23.0. The second-order valence-electron chi connectivity index (χ2n) is 8.04. The number of carbonyl (C=O) groups excluding carboxylic acids is 1. The van der Waals surface area contributed by atoms with Crippen molar-refractivity contribution in [2.75, 3.05) is 17.2 Å². The van der Waals surface area contributed by atoms with Crippen LogP contribution in [-0.4, -0.2) is 33.0 Å². The Morgan fingerprint density at radius 3 is 2.76 bits per heavy atom. The lowest BCUT2D eigenvalue weighted by Gasteiger charge is -2.17. The summed E-state index contributed by atoms with van der Waals surface area (Å²) in [6.45, 7) is 3.75. The number of unbranched alkanes of at least 4 members (excludes halogenated alkanes) is 3. The number of fused-ring (bicyclic) bond motifs is 1. The van der Waals surface area contributed by atoms with Gasteiger partial charge < -0.3 is 14.2 Å². The van der Waals surface area contributed by atoms with Gasteiger partial charge in [-0.2, -0.15) is 0 Å². The van der Waals surface area contributed by atoms with E-state index >= 15 is 0 Å². The molecule has 0 fully saturated rings. The van der Waals surface area contributed by atoms with Crippen LogP contribution >= 0.6 is 11.8 Å². The fourth-order valence-electron chi connectivity index (χ4n) is 3.96. The van der Waals surface area contributed by atoms with Gasteiger partial charge in [0.2, 0.25) is 5.91 Å². The number of aromatic nitrogens is 3. The van der Waals surface area contributed by atoms with Gasteiger partial charge in [-0.05, 0) is 36.6 Å². The lowest BCUT2D eigenvalue weighted by Crippen LogP contribution is -2.30. The summed E-state index contributed by atoms with van der Waals surface area (Å²) in [5, 5.41) is 9.31. The van der Waals surface area contributed by atoms with Gasteiger partial charge in [0.15, 0.2) is 22.5 Å². The van der Waals surface area contributed by atoms with Crippen LogP contribution in [0, 0.1) is 5.82 Å². The van der Waals surface area contributed by atoms with Gasteiger partial charge in [0.25, 0.3) is 0 Å². The number of hydrogen-bond donors (Lipinski definition) is 0. The van der Waals surface area contributed by atoms with Crippen molar-refractivity contribution in [1.29, 1.82) is 0 Å². The van der Waals surface area contributed by atoms with E-state index in [-0.39, 0.29) is 24.0 Å². The molecular weight excluding hydrogens is 439 g/mol. The van der Waals surface area contributed by atoms with E-state index in [9.17, 15) is 9.18 Å². The minimum atomic E-state index is -0.405. The summed E-state index contributed by atoms with van der Waals surface area (Å²) in [5.41, 5.74) is 2.21. The maximum Gasteiger partial charge on any atom is 0.237 e. The van der Waals surface area contributed by atoms with Crippen molar-refractivity contribution in [1.82, 2.24) is 14.8 Å². The molecule has 0 saturated heterocycles. The van der Waals surface area contributed by atoms with Crippen LogP contribution in [0.1, 0.15) is 44.0 Å². The molecule has 0 aliphatic carbocycles. The SMILES string of the molecule is CCCCCCn1c(COc2ccccc2F)nnc1SCC(=O)N1CCc2ccccc21. The Morgan fingerprint density at radius 2 is 1.91 bits per heavy atom. The molecule has 2 aromatic carbocycles. The molecule has 8 heteroatoms. The molecule has 0 atom stereocenters. The van der Waals surface area contributed by atoms with Crippen LogP contribution < -0.4 is 9.64 Å². The number of ether oxygens (including phenoxy) is 1. The number of rotatable bonds is 11. The maximum atomic E-state index is 13.9. The molecule has 0 radical (unpaired) electrons. The summed E-state index contributed by atoms with van der Waals surface area (Å²) < 4.78 is 21.6. The van der Waals surface area contributed by atoms with Crippen LogP contribution in [0.3, 0.4) is 0 Å². The first kappa shape index (κ1) is 23.3. The number of halogens is 1. The van der Waals surface area contributed by atoms with Gasteiger partial charge >= 0.3 is 0 Å². The standard InChI is InChI=1S/C25H29FN4O2S/c1-2-3-4-9-15-30-23(17-32-22-13-8-6-11-20(22)26)27-28-25(30)33-18-24(31)29-16-14-19-10-5-7-12-21(19)29/h5-8,10-13H,2-4,9,14-18H2,1H3. The molecule has 1 aliphatic rings. The van der Waals surface area contributed by atoms with Crippen molar-refractivity contribution >= 4 is 23.4 Å². The minimum Gasteiger partial charge on any atom is -0.483 e. The molecule has 2 heterocycles. The van der Waals surface area contributed by atoms with E-state index in [4.69, 9.17) is 4.74 Å². The largest absolute Gasteiger partial charge is 0.483 e. The Bertz CT molecular complexity index is 1090. The first-order valence-corrected chi connectivity index (χ1v) is 12.5. The molecule has 0 spiro atoms. The Morgan fingerprint density at radius 1 is 1.09 bits per heavy atom. The molecule has 6 nitrogen and oxygen atoms in total. The van der Waals surface area contributed by atoms with E-state index in [0.717, 1.165) is 37.9 Å². The molecule has 3 aromatic rings. The number of thioether (sulfide) groups is 1.